The van der Waals surface area contributed by atoms with Crippen molar-refractivity contribution in [1.82, 2.24) is 5.32 Å². The summed E-state index contributed by atoms with van der Waals surface area (Å²) in [6.07, 6.45) is 0.529. The maximum atomic E-state index is 12.1. The molecule has 22 heavy (non-hydrogen) atoms. The summed E-state index contributed by atoms with van der Waals surface area (Å²) in [4.78, 5) is 24.0. The van der Waals surface area contributed by atoms with Crippen molar-refractivity contribution in [2.45, 2.75) is 32.9 Å². The first-order valence-electron chi connectivity index (χ1n) is 7.09. The van der Waals surface area contributed by atoms with Gasteiger partial charge >= 0.3 is 5.97 Å². The molecule has 2 atom stereocenters. The van der Waals surface area contributed by atoms with Crippen molar-refractivity contribution in [2.75, 3.05) is 0 Å². The number of hydrogen-bond donors (Lipinski definition) is 1. The Bertz CT molecular complexity index is 648. The molecule has 0 fully saturated rings. The lowest BCUT2D eigenvalue weighted by Crippen LogP contribution is -2.37. The summed E-state index contributed by atoms with van der Waals surface area (Å²) in [6, 6.07) is 10.9. The first-order valence-corrected chi connectivity index (χ1v) is 7.09. The number of furan rings is 1. The number of ether oxygens (including phenoxy) is 1. The molecule has 0 aliphatic rings. The number of rotatable bonds is 5. The molecule has 5 nitrogen and oxygen atoms in total. The van der Waals surface area contributed by atoms with Crippen molar-refractivity contribution in [1.29, 1.82) is 0 Å². The molecule has 1 heterocycles. The summed E-state index contributed by atoms with van der Waals surface area (Å²) in [7, 11) is 0. The summed E-state index contributed by atoms with van der Waals surface area (Å²) < 4.78 is 10.2. The molecule has 1 aromatic carbocycles. The third-order valence-corrected chi connectivity index (χ3v) is 3.39. The Hall–Kier alpha value is -2.56. The molecule has 0 spiro atoms. The highest BCUT2D eigenvalue weighted by Crippen LogP contribution is 2.13. The Balaban J connectivity index is 1.92. The summed E-state index contributed by atoms with van der Waals surface area (Å²) in [5.74, 6) is -0.442. The van der Waals surface area contributed by atoms with E-state index >= 15 is 0 Å². The van der Waals surface area contributed by atoms with Gasteiger partial charge in [-0.3, -0.25) is 4.79 Å². The number of hydrogen-bond acceptors (Lipinski definition) is 4. The van der Waals surface area contributed by atoms with Gasteiger partial charge in [0.05, 0.1) is 12.3 Å². The second-order valence-corrected chi connectivity index (χ2v) is 5.08. The quantitative estimate of drug-likeness (QED) is 0.862. The van der Waals surface area contributed by atoms with E-state index in [1.165, 1.54) is 12.3 Å². The molecule has 0 saturated carbocycles. The minimum absolute atomic E-state index is 0.162. The predicted molar refractivity (Wildman–Crippen MR) is 81.3 cm³/mol. The molecule has 5 heteroatoms. The van der Waals surface area contributed by atoms with E-state index in [-0.39, 0.29) is 11.9 Å². The van der Waals surface area contributed by atoms with Crippen molar-refractivity contribution in [2.24, 2.45) is 0 Å². The van der Waals surface area contributed by atoms with E-state index in [9.17, 15) is 9.59 Å². The maximum absolute atomic E-state index is 12.1. The van der Waals surface area contributed by atoms with Crippen LogP contribution in [0.5, 0.6) is 0 Å². The predicted octanol–water partition coefficient (Wildman–Crippen LogP) is 3.01. The first-order chi connectivity index (χ1) is 10.5. The standard InChI is InChI=1S/C17H19NO4/c1-11(14-7-5-4-6-8-14)18-16(19)13(3)22-17(20)15-9-10-21-12(15)2/h4-11,13H,1-3H3,(H,18,19). The molecular weight excluding hydrogens is 282 g/mol. The minimum atomic E-state index is -0.882. The lowest BCUT2D eigenvalue weighted by molar-refractivity contribution is -0.129. The van der Waals surface area contributed by atoms with Gasteiger partial charge in [-0.2, -0.15) is 0 Å². The monoisotopic (exact) mass is 301 g/mol. The van der Waals surface area contributed by atoms with Crippen molar-refractivity contribution in [3.8, 4) is 0 Å². The Labute approximate surface area is 129 Å². The SMILES string of the molecule is Cc1occc1C(=O)OC(C)C(=O)NC(C)c1ccccc1. The summed E-state index contributed by atoms with van der Waals surface area (Å²) in [5, 5.41) is 2.82. The fraction of sp³-hybridized carbons (Fsp3) is 0.294. The van der Waals surface area contributed by atoms with Crippen LogP contribution in [0, 0.1) is 6.92 Å². The third-order valence-electron chi connectivity index (χ3n) is 3.39. The molecule has 2 rings (SSSR count). The fourth-order valence-corrected chi connectivity index (χ4v) is 2.03. The highest BCUT2D eigenvalue weighted by atomic mass is 16.5. The highest BCUT2D eigenvalue weighted by molar-refractivity contribution is 5.93. The normalized spacial score (nSPS) is 13.2. The molecule has 0 bridgehead atoms. The zero-order valence-corrected chi connectivity index (χ0v) is 12.8. The molecule has 1 amide bonds. The van der Waals surface area contributed by atoms with Crippen LogP contribution >= 0.6 is 0 Å². The number of amides is 1. The number of aryl methyl sites for hydroxylation is 1. The Morgan fingerprint density at radius 1 is 1.14 bits per heavy atom. The van der Waals surface area contributed by atoms with Crippen molar-refractivity contribution >= 4 is 11.9 Å². The summed E-state index contributed by atoms with van der Waals surface area (Å²) in [5.41, 5.74) is 1.32. The third kappa shape index (κ3) is 3.75. The largest absolute Gasteiger partial charge is 0.469 e. The molecule has 2 aromatic rings. The van der Waals surface area contributed by atoms with E-state index < -0.39 is 12.1 Å². The molecule has 0 aliphatic carbocycles. The Morgan fingerprint density at radius 3 is 2.41 bits per heavy atom. The van der Waals surface area contributed by atoms with Crippen LogP contribution in [0.3, 0.4) is 0 Å². The zero-order chi connectivity index (χ0) is 16.1. The van der Waals surface area contributed by atoms with Crippen LogP contribution < -0.4 is 5.32 Å². The first kappa shape index (κ1) is 15.8. The number of carbonyl (C=O) groups excluding carboxylic acids is 2. The van der Waals surface area contributed by atoms with E-state index in [4.69, 9.17) is 9.15 Å². The van der Waals surface area contributed by atoms with Gasteiger partial charge in [0.25, 0.3) is 5.91 Å². The van der Waals surface area contributed by atoms with Crippen LogP contribution in [0.1, 0.15) is 41.6 Å². The minimum Gasteiger partial charge on any atom is -0.469 e. The van der Waals surface area contributed by atoms with Gasteiger partial charge in [-0.15, -0.1) is 0 Å². The molecule has 116 valence electrons. The van der Waals surface area contributed by atoms with E-state index in [1.54, 1.807) is 13.8 Å². The second-order valence-electron chi connectivity index (χ2n) is 5.08. The van der Waals surface area contributed by atoms with Crippen LogP contribution in [0.15, 0.2) is 47.1 Å². The van der Waals surface area contributed by atoms with Crippen molar-refractivity contribution < 1.29 is 18.7 Å². The second kappa shape index (κ2) is 6.93. The van der Waals surface area contributed by atoms with Crippen LogP contribution in [-0.4, -0.2) is 18.0 Å². The van der Waals surface area contributed by atoms with Crippen molar-refractivity contribution in [3.63, 3.8) is 0 Å². The molecule has 1 N–H and O–H groups in total. The smallest absolute Gasteiger partial charge is 0.342 e. The van der Waals surface area contributed by atoms with Gasteiger partial charge in [0.2, 0.25) is 0 Å². The molecule has 0 aliphatic heterocycles. The fourth-order valence-electron chi connectivity index (χ4n) is 2.03. The molecule has 0 saturated heterocycles. The van der Waals surface area contributed by atoms with Crippen LogP contribution in [0.25, 0.3) is 0 Å². The van der Waals surface area contributed by atoms with Gasteiger partial charge in [0.1, 0.15) is 11.3 Å². The maximum Gasteiger partial charge on any atom is 0.342 e. The molecule has 2 unspecified atom stereocenters. The average Bonchev–Trinajstić information content (AvgIpc) is 2.94. The van der Waals surface area contributed by atoms with Gasteiger partial charge < -0.3 is 14.5 Å². The van der Waals surface area contributed by atoms with Gasteiger partial charge in [-0.25, -0.2) is 4.79 Å². The number of carbonyl (C=O) groups is 2. The lowest BCUT2D eigenvalue weighted by Gasteiger charge is -2.18. The van der Waals surface area contributed by atoms with E-state index in [0.29, 0.717) is 11.3 Å². The molecule has 0 radical (unpaired) electrons. The highest BCUT2D eigenvalue weighted by Gasteiger charge is 2.22. The summed E-state index contributed by atoms with van der Waals surface area (Å²) in [6.45, 7) is 5.08. The number of benzene rings is 1. The van der Waals surface area contributed by atoms with Gasteiger partial charge in [0.15, 0.2) is 6.10 Å². The van der Waals surface area contributed by atoms with Crippen LogP contribution in [0.2, 0.25) is 0 Å². The van der Waals surface area contributed by atoms with Crippen molar-refractivity contribution in [3.05, 3.63) is 59.5 Å². The average molecular weight is 301 g/mol. The molecular formula is C17H19NO4. The van der Waals surface area contributed by atoms with Gasteiger partial charge in [0, 0.05) is 0 Å². The Kier molecular flexibility index (Phi) is 4.99. The van der Waals surface area contributed by atoms with Crippen LogP contribution in [0.4, 0.5) is 0 Å². The van der Waals surface area contributed by atoms with E-state index in [0.717, 1.165) is 5.56 Å². The van der Waals surface area contributed by atoms with Crippen LogP contribution in [-0.2, 0) is 9.53 Å². The van der Waals surface area contributed by atoms with Gasteiger partial charge in [-0.05, 0) is 32.4 Å². The number of nitrogens with one attached hydrogen (secondary N) is 1. The van der Waals surface area contributed by atoms with E-state index in [2.05, 4.69) is 5.32 Å². The Morgan fingerprint density at radius 2 is 1.82 bits per heavy atom. The lowest BCUT2D eigenvalue weighted by atomic mass is 10.1. The molecule has 1 aromatic heterocycles. The topological polar surface area (TPSA) is 68.5 Å². The zero-order valence-electron chi connectivity index (χ0n) is 12.8. The summed E-state index contributed by atoms with van der Waals surface area (Å²) >= 11 is 0. The number of esters is 1. The van der Waals surface area contributed by atoms with E-state index in [1.807, 2.05) is 37.3 Å². The van der Waals surface area contributed by atoms with Gasteiger partial charge in [-0.1, -0.05) is 30.3 Å².